The lowest BCUT2D eigenvalue weighted by Crippen LogP contribution is -2.49. The molecule has 0 aliphatic rings. The predicted molar refractivity (Wildman–Crippen MR) is 64.3 cm³/mol. The van der Waals surface area contributed by atoms with Crippen molar-refractivity contribution in [2.24, 2.45) is 0 Å². The fraction of sp³-hybridized carbons (Fsp3) is 0.727. The molecule has 0 bridgehead atoms. The van der Waals surface area contributed by atoms with E-state index in [0.717, 1.165) is 10.7 Å². The molecule has 1 rings (SSSR count). The van der Waals surface area contributed by atoms with Gasteiger partial charge < -0.3 is 10.0 Å². The van der Waals surface area contributed by atoms with Crippen molar-refractivity contribution in [2.75, 3.05) is 14.1 Å². The molecule has 1 aromatic rings. The zero-order chi connectivity index (χ0) is 11.6. The zero-order valence-electron chi connectivity index (χ0n) is 10.1. The number of aryl methyl sites for hydroxylation is 1. The summed E-state index contributed by atoms with van der Waals surface area (Å²) in [6.45, 7) is 6.06. The van der Waals surface area contributed by atoms with Crippen LogP contribution in [-0.4, -0.2) is 40.7 Å². The van der Waals surface area contributed by atoms with Crippen molar-refractivity contribution in [3.8, 4) is 0 Å². The lowest BCUT2D eigenvalue weighted by Gasteiger charge is -2.36. The Labute approximate surface area is 95.8 Å². The van der Waals surface area contributed by atoms with Gasteiger partial charge in [0, 0.05) is 23.0 Å². The normalized spacial score (nSPS) is 14.6. The van der Waals surface area contributed by atoms with Crippen LogP contribution in [0.4, 0.5) is 0 Å². The third-order valence-corrected chi connectivity index (χ3v) is 3.99. The van der Waals surface area contributed by atoms with Crippen molar-refractivity contribution in [2.45, 2.75) is 38.8 Å². The van der Waals surface area contributed by atoms with Crippen LogP contribution in [0, 0.1) is 6.92 Å². The van der Waals surface area contributed by atoms with E-state index in [1.165, 1.54) is 0 Å². The van der Waals surface area contributed by atoms with E-state index >= 15 is 0 Å². The molecule has 15 heavy (non-hydrogen) atoms. The maximum Gasteiger partial charge on any atom is 0.0954 e. The molecule has 0 aliphatic carbocycles. The first-order chi connectivity index (χ1) is 6.84. The molecule has 0 radical (unpaired) electrons. The summed E-state index contributed by atoms with van der Waals surface area (Å²) < 4.78 is 0. The molecule has 3 nitrogen and oxygen atoms in total. The second-order valence-corrected chi connectivity index (χ2v) is 5.59. The maximum atomic E-state index is 10.1. The highest BCUT2D eigenvalue weighted by Gasteiger charge is 2.30. The van der Waals surface area contributed by atoms with Crippen LogP contribution in [0.1, 0.15) is 24.5 Å². The van der Waals surface area contributed by atoms with Crippen LogP contribution in [0.3, 0.4) is 0 Å². The molecule has 1 atom stereocenters. The molecular formula is C11H20N2OS. The Hall–Kier alpha value is -0.450. The van der Waals surface area contributed by atoms with Gasteiger partial charge >= 0.3 is 0 Å². The number of hydrogen-bond acceptors (Lipinski definition) is 4. The molecule has 4 heteroatoms. The minimum absolute atomic E-state index is 0.223. The molecule has 0 saturated heterocycles. The molecule has 0 aliphatic heterocycles. The molecule has 1 heterocycles. The summed E-state index contributed by atoms with van der Waals surface area (Å²) in [5, 5.41) is 13.2. The first kappa shape index (κ1) is 12.6. The number of nitrogens with zero attached hydrogens (tertiary/aromatic N) is 2. The Kier molecular flexibility index (Phi) is 3.87. The van der Waals surface area contributed by atoms with Gasteiger partial charge in [0.15, 0.2) is 0 Å². The van der Waals surface area contributed by atoms with Gasteiger partial charge in [-0.1, -0.05) is 0 Å². The smallest absolute Gasteiger partial charge is 0.0954 e. The number of aliphatic hydroxyl groups excluding tert-OH is 1. The number of likely N-dealkylation sites (N-methyl/N-ethyl adjacent to an activating group) is 1. The number of thiazole rings is 1. The predicted octanol–water partition coefficient (Wildman–Crippen LogP) is 1.70. The van der Waals surface area contributed by atoms with Crippen LogP contribution >= 0.6 is 11.3 Å². The Bertz CT molecular complexity index is 320. The zero-order valence-corrected chi connectivity index (χ0v) is 10.9. The second kappa shape index (κ2) is 4.60. The molecule has 0 spiro atoms. The van der Waals surface area contributed by atoms with Crippen LogP contribution in [0.5, 0.6) is 0 Å². The molecule has 86 valence electrons. The van der Waals surface area contributed by atoms with Crippen molar-refractivity contribution in [1.82, 2.24) is 9.88 Å². The fourth-order valence-electron chi connectivity index (χ4n) is 1.21. The number of rotatable bonds is 4. The van der Waals surface area contributed by atoms with Crippen LogP contribution in [-0.2, 0) is 6.42 Å². The largest absolute Gasteiger partial charge is 0.391 e. The highest BCUT2D eigenvalue weighted by atomic mass is 32.1. The van der Waals surface area contributed by atoms with E-state index in [1.54, 1.807) is 11.3 Å². The highest BCUT2D eigenvalue weighted by molar-refractivity contribution is 7.09. The van der Waals surface area contributed by atoms with Gasteiger partial charge in [0.05, 0.1) is 11.1 Å². The monoisotopic (exact) mass is 228 g/mol. The van der Waals surface area contributed by atoms with Crippen LogP contribution < -0.4 is 0 Å². The molecule has 0 saturated carbocycles. The fourth-order valence-corrected chi connectivity index (χ4v) is 2.02. The average Bonchev–Trinajstić information content (AvgIpc) is 2.50. The van der Waals surface area contributed by atoms with E-state index in [0.29, 0.717) is 6.42 Å². The minimum atomic E-state index is -0.391. The summed E-state index contributed by atoms with van der Waals surface area (Å²) in [5.74, 6) is 0. The summed E-state index contributed by atoms with van der Waals surface area (Å²) in [7, 11) is 3.96. The van der Waals surface area contributed by atoms with Gasteiger partial charge in [-0.3, -0.25) is 0 Å². The second-order valence-electron chi connectivity index (χ2n) is 4.65. The lowest BCUT2D eigenvalue weighted by atomic mass is 9.94. The van der Waals surface area contributed by atoms with Gasteiger partial charge in [-0.05, 0) is 34.9 Å². The summed E-state index contributed by atoms with van der Waals surface area (Å²) in [6.07, 6.45) is 0.238. The van der Waals surface area contributed by atoms with Gasteiger partial charge in [0.2, 0.25) is 0 Å². The van der Waals surface area contributed by atoms with E-state index in [-0.39, 0.29) is 5.54 Å². The molecule has 1 aromatic heterocycles. The SMILES string of the molecule is Cc1csc(CC(O)C(C)(C)N(C)C)n1. The molecule has 0 amide bonds. The summed E-state index contributed by atoms with van der Waals surface area (Å²) >= 11 is 1.62. The Balaban J connectivity index is 2.67. The van der Waals surface area contributed by atoms with E-state index in [4.69, 9.17) is 0 Å². The van der Waals surface area contributed by atoms with Crippen molar-refractivity contribution < 1.29 is 5.11 Å². The topological polar surface area (TPSA) is 36.4 Å². The van der Waals surface area contributed by atoms with Crippen LogP contribution in [0.2, 0.25) is 0 Å². The Morgan fingerprint density at radius 2 is 2.13 bits per heavy atom. The van der Waals surface area contributed by atoms with Crippen molar-refractivity contribution >= 4 is 11.3 Å². The number of aliphatic hydroxyl groups is 1. The molecule has 1 N–H and O–H groups in total. The van der Waals surface area contributed by atoms with Gasteiger partial charge in [-0.2, -0.15) is 0 Å². The quantitative estimate of drug-likeness (QED) is 0.852. The van der Waals surface area contributed by atoms with Gasteiger partial charge in [0.1, 0.15) is 0 Å². The molecular weight excluding hydrogens is 208 g/mol. The molecule has 1 unspecified atom stereocenters. The van der Waals surface area contributed by atoms with E-state index < -0.39 is 6.10 Å². The summed E-state index contributed by atoms with van der Waals surface area (Å²) in [6, 6.07) is 0. The highest BCUT2D eigenvalue weighted by Crippen LogP contribution is 2.21. The van der Waals surface area contributed by atoms with Crippen molar-refractivity contribution in [3.05, 3.63) is 16.1 Å². The van der Waals surface area contributed by atoms with E-state index in [9.17, 15) is 5.11 Å². The van der Waals surface area contributed by atoms with Gasteiger partial charge in [-0.15, -0.1) is 11.3 Å². The lowest BCUT2D eigenvalue weighted by molar-refractivity contribution is 0.0182. The number of hydrogen-bond donors (Lipinski definition) is 1. The standard InChI is InChI=1S/C11H20N2OS/c1-8-7-15-10(12-8)6-9(14)11(2,3)13(4)5/h7,9,14H,6H2,1-5H3. The minimum Gasteiger partial charge on any atom is -0.391 e. The van der Waals surface area contributed by atoms with E-state index in [2.05, 4.69) is 4.98 Å². The Morgan fingerprint density at radius 3 is 2.53 bits per heavy atom. The first-order valence-electron chi connectivity index (χ1n) is 5.10. The molecule has 0 aromatic carbocycles. The van der Waals surface area contributed by atoms with Crippen LogP contribution in [0.15, 0.2) is 5.38 Å². The van der Waals surface area contributed by atoms with Crippen molar-refractivity contribution in [3.63, 3.8) is 0 Å². The number of aromatic nitrogens is 1. The van der Waals surface area contributed by atoms with Gasteiger partial charge in [-0.25, -0.2) is 4.98 Å². The summed E-state index contributed by atoms with van der Waals surface area (Å²) in [5.41, 5.74) is 0.810. The van der Waals surface area contributed by atoms with Crippen molar-refractivity contribution in [1.29, 1.82) is 0 Å². The summed E-state index contributed by atoms with van der Waals surface area (Å²) in [4.78, 5) is 6.40. The Morgan fingerprint density at radius 1 is 1.53 bits per heavy atom. The van der Waals surface area contributed by atoms with E-state index in [1.807, 2.05) is 45.1 Å². The van der Waals surface area contributed by atoms with Gasteiger partial charge in [0.25, 0.3) is 0 Å². The van der Waals surface area contributed by atoms with Crippen LogP contribution in [0.25, 0.3) is 0 Å². The molecule has 0 fully saturated rings. The average molecular weight is 228 g/mol. The maximum absolute atomic E-state index is 10.1. The first-order valence-corrected chi connectivity index (χ1v) is 5.98. The third-order valence-electron chi connectivity index (χ3n) is 3.00. The third kappa shape index (κ3) is 3.00.